The fraction of sp³-hybridized carbons (Fsp3) is 0.224. The van der Waals surface area contributed by atoms with E-state index in [0.29, 0.717) is 28.4 Å². The van der Waals surface area contributed by atoms with Gasteiger partial charge in [0, 0.05) is 61.9 Å². The Hall–Kier alpha value is -7.45. The lowest BCUT2D eigenvalue weighted by Crippen LogP contribution is -2.31. The molecule has 0 unspecified atom stereocenters. The maximum absolute atomic E-state index is 12.5. The lowest BCUT2D eigenvalue weighted by Gasteiger charge is -2.33. The predicted octanol–water partition coefficient (Wildman–Crippen LogP) is 13.8. The molecule has 3 aliphatic heterocycles. The molecule has 0 saturated heterocycles. The number of hydrogen-bond acceptors (Lipinski definition) is 8. The molecule has 5 heterocycles. The van der Waals surface area contributed by atoms with Gasteiger partial charge in [-0.2, -0.15) is 0 Å². The van der Waals surface area contributed by atoms with E-state index in [9.17, 15) is 14.4 Å². The molecule has 2 aromatic heterocycles. The molecule has 0 bridgehead atoms. The molecule has 0 radical (unpaired) electrons. The lowest BCUT2D eigenvalue weighted by atomic mass is 9.81. The van der Waals surface area contributed by atoms with Gasteiger partial charge in [-0.05, 0) is 144 Å². The highest BCUT2D eigenvalue weighted by Gasteiger charge is 2.30. The smallest absolute Gasteiger partial charge is 0.344 e. The number of anilines is 3. The summed E-state index contributed by atoms with van der Waals surface area (Å²) < 4.78 is 11.2. The Morgan fingerprint density at radius 1 is 0.455 bits per heavy atom. The third kappa shape index (κ3) is 7.40. The highest BCUT2D eigenvalue weighted by Crippen LogP contribution is 2.43. The van der Waals surface area contributed by atoms with Crippen LogP contribution in [0.3, 0.4) is 0 Å². The molecular formula is C58H53N3O5. The van der Waals surface area contributed by atoms with Crippen molar-refractivity contribution in [2.75, 3.05) is 16.0 Å². The van der Waals surface area contributed by atoms with Crippen molar-refractivity contribution in [2.45, 2.75) is 85.4 Å². The predicted molar refractivity (Wildman–Crippen MR) is 274 cm³/mol. The number of benzene rings is 6. The van der Waals surface area contributed by atoms with Crippen molar-refractivity contribution in [1.82, 2.24) is 0 Å². The van der Waals surface area contributed by atoms with Crippen LogP contribution in [0.15, 0.2) is 146 Å². The second kappa shape index (κ2) is 15.3. The number of nitrogens with one attached hydrogen (secondary N) is 3. The molecule has 0 atom stereocenters. The van der Waals surface area contributed by atoms with Gasteiger partial charge in [0.25, 0.3) is 0 Å². The number of carbonyl (C=O) groups is 1. The first-order chi connectivity index (χ1) is 31.4. The Morgan fingerprint density at radius 2 is 1.00 bits per heavy atom. The molecule has 8 nitrogen and oxygen atoms in total. The van der Waals surface area contributed by atoms with E-state index >= 15 is 0 Å². The average molecular weight is 872 g/mol. The molecular weight excluding hydrogens is 819 g/mol. The minimum absolute atomic E-state index is 0.0537. The first-order valence-electron chi connectivity index (χ1n) is 22.6. The Bertz CT molecular complexity index is 3620. The number of allylic oxidation sites excluding steroid dienone is 3. The second-order valence-electron chi connectivity index (χ2n) is 19.8. The van der Waals surface area contributed by atoms with Crippen molar-refractivity contribution in [1.29, 1.82) is 0 Å². The number of carbonyl (C=O) groups excluding carboxylic acids is 1. The summed E-state index contributed by atoms with van der Waals surface area (Å²) in [6, 6.07) is 35.8. The monoisotopic (exact) mass is 871 g/mol. The number of ketones is 1. The number of hydrogen-bond donors (Lipinski definition) is 3. The zero-order valence-corrected chi connectivity index (χ0v) is 38.9. The maximum Gasteiger partial charge on any atom is 0.344 e. The van der Waals surface area contributed by atoms with E-state index in [1.807, 2.05) is 78.9 Å². The van der Waals surface area contributed by atoms with Crippen LogP contribution in [0.1, 0.15) is 94.9 Å². The SMILES string of the molecule is CC1=CC(C)(C)Nc2cc3c(cc21)-c1ccccc1C(=O)C3.CC1=CC(C)(C)Nc2ccc3c(c21)c(=O)oc1ccccc13.CC1=CC(C)(C)Nc2ccc3c(oc(=O)c4ccccc43)c21. The summed E-state index contributed by atoms with van der Waals surface area (Å²) >= 11 is 0. The lowest BCUT2D eigenvalue weighted by molar-refractivity contribution is 0.0992. The van der Waals surface area contributed by atoms with Crippen LogP contribution >= 0.6 is 0 Å². The standard InChI is InChI=1S/C20H19NO.2C19H17NO2/c1-12-11-20(2,3)21-18-8-13-9-19(22)15-7-5-4-6-14(15)17(13)10-16(12)18;1-11-10-19(2,3)20-14-9-8-13-12-6-4-5-7-15(12)22-18(21)17(13)16(11)14;1-11-10-19(2,3)20-15-9-8-13-12-6-4-5-7-14(12)18(21)22-17(13)16(11)15/h4-8,10-11,21H,9H2,1-3H3;2*4-10,20H,1-3H3. The maximum atomic E-state index is 12.5. The first-order valence-corrected chi connectivity index (χ1v) is 22.6. The van der Waals surface area contributed by atoms with E-state index in [0.717, 1.165) is 77.6 Å². The van der Waals surface area contributed by atoms with Crippen molar-refractivity contribution < 1.29 is 13.6 Å². The molecule has 3 N–H and O–H groups in total. The molecule has 330 valence electrons. The van der Waals surface area contributed by atoms with Gasteiger partial charge in [0.1, 0.15) is 11.2 Å². The molecule has 12 rings (SSSR count). The number of para-hydroxylation sites is 1. The zero-order valence-electron chi connectivity index (χ0n) is 38.9. The van der Waals surface area contributed by atoms with Crippen LogP contribution in [0, 0.1) is 0 Å². The Labute approximate surface area is 383 Å². The zero-order chi connectivity index (χ0) is 46.4. The molecule has 66 heavy (non-hydrogen) atoms. The van der Waals surface area contributed by atoms with Gasteiger partial charge >= 0.3 is 11.3 Å². The number of fused-ring (bicyclic) bond motifs is 14. The first kappa shape index (κ1) is 42.5. The molecule has 1 aliphatic carbocycles. The average Bonchev–Trinajstić information content (AvgIpc) is 3.25. The third-order valence-electron chi connectivity index (χ3n) is 13.0. The summed E-state index contributed by atoms with van der Waals surface area (Å²) in [5.74, 6) is 0.213. The second-order valence-corrected chi connectivity index (χ2v) is 19.8. The van der Waals surface area contributed by atoms with E-state index in [2.05, 4.69) is 127 Å². The molecule has 8 heteroatoms. The summed E-state index contributed by atoms with van der Waals surface area (Å²) in [5.41, 5.74) is 14.5. The fourth-order valence-electron chi connectivity index (χ4n) is 10.6. The van der Waals surface area contributed by atoms with Crippen LogP contribution in [0.5, 0.6) is 0 Å². The minimum atomic E-state index is -0.283. The van der Waals surface area contributed by atoms with E-state index < -0.39 is 0 Å². The van der Waals surface area contributed by atoms with Crippen molar-refractivity contribution in [3.8, 4) is 11.1 Å². The van der Waals surface area contributed by atoms with Crippen LogP contribution in [0.2, 0.25) is 0 Å². The van der Waals surface area contributed by atoms with Gasteiger partial charge in [0.15, 0.2) is 5.78 Å². The Morgan fingerprint density at radius 3 is 1.70 bits per heavy atom. The van der Waals surface area contributed by atoms with Crippen LogP contribution in [0.4, 0.5) is 17.1 Å². The van der Waals surface area contributed by atoms with E-state index in [1.165, 1.54) is 16.7 Å². The normalized spacial score (nSPS) is 16.7. The van der Waals surface area contributed by atoms with Crippen molar-refractivity contribution in [3.05, 3.63) is 176 Å². The van der Waals surface area contributed by atoms with E-state index in [-0.39, 0.29) is 33.7 Å². The topological polar surface area (TPSA) is 114 Å². The highest BCUT2D eigenvalue weighted by molar-refractivity contribution is 6.12. The van der Waals surface area contributed by atoms with Gasteiger partial charge < -0.3 is 24.8 Å². The largest absolute Gasteiger partial charge is 0.422 e. The van der Waals surface area contributed by atoms with Crippen LogP contribution < -0.4 is 27.2 Å². The number of rotatable bonds is 0. The van der Waals surface area contributed by atoms with Crippen molar-refractivity contribution in [3.63, 3.8) is 0 Å². The summed E-state index contributed by atoms with van der Waals surface area (Å²) in [4.78, 5) is 37.2. The molecule has 0 saturated carbocycles. The molecule has 0 amide bonds. The van der Waals surface area contributed by atoms with Gasteiger partial charge in [-0.25, -0.2) is 9.59 Å². The summed E-state index contributed by atoms with van der Waals surface area (Å²) in [7, 11) is 0. The van der Waals surface area contributed by atoms with Crippen molar-refractivity contribution >= 4 is 83.0 Å². The highest BCUT2D eigenvalue weighted by atomic mass is 16.4. The van der Waals surface area contributed by atoms with Gasteiger partial charge in [0.05, 0.1) is 27.4 Å². The van der Waals surface area contributed by atoms with Gasteiger partial charge in [-0.3, -0.25) is 4.79 Å². The molecule has 0 fully saturated rings. The van der Waals surface area contributed by atoms with Crippen LogP contribution in [0.25, 0.3) is 71.3 Å². The molecule has 6 aromatic carbocycles. The minimum Gasteiger partial charge on any atom is -0.422 e. The van der Waals surface area contributed by atoms with E-state index in [4.69, 9.17) is 8.83 Å². The fourth-order valence-corrected chi connectivity index (χ4v) is 10.6. The number of Topliss-reactive ketones (excluding diaryl/α,β-unsaturated/α-hetero) is 1. The Balaban J connectivity index is 0.000000116. The van der Waals surface area contributed by atoms with Gasteiger partial charge in [0.2, 0.25) is 0 Å². The van der Waals surface area contributed by atoms with Crippen LogP contribution in [-0.4, -0.2) is 22.4 Å². The quantitative estimate of drug-likeness (QED) is 0.102. The van der Waals surface area contributed by atoms with Gasteiger partial charge in [-0.15, -0.1) is 0 Å². The van der Waals surface area contributed by atoms with Crippen LogP contribution in [-0.2, 0) is 6.42 Å². The van der Waals surface area contributed by atoms with Gasteiger partial charge in [-0.1, -0.05) is 85.0 Å². The molecule has 0 spiro atoms. The summed E-state index contributed by atoms with van der Waals surface area (Å²) in [6.45, 7) is 19.1. The molecule has 8 aromatic rings. The molecule has 4 aliphatic rings. The summed E-state index contributed by atoms with van der Waals surface area (Å²) in [6.07, 6.45) is 7.08. The Kier molecular flexibility index (Phi) is 9.87. The third-order valence-corrected chi connectivity index (χ3v) is 13.0. The van der Waals surface area contributed by atoms with Crippen molar-refractivity contribution in [2.24, 2.45) is 0 Å². The van der Waals surface area contributed by atoms with E-state index in [1.54, 1.807) is 0 Å². The summed E-state index contributed by atoms with van der Waals surface area (Å²) in [5, 5.41) is 15.6.